The second kappa shape index (κ2) is 8.88. The molecule has 3 rings (SSSR count). The van der Waals surface area contributed by atoms with E-state index >= 15 is 0 Å². The molecule has 0 unspecified atom stereocenters. The fourth-order valence-corrected chi connectivity index (χ4v) is 3.94. The van der Waals surface area contributed by atoms with Crippen molar-refractivity contribution in [1.29, 1.82) is 0 Å². The van der Waals surface area contributed by atoms with Crippen molar-refractivity contribution in [3.8, 4) is 0 Å². The lowest BCUT2D eigenvalue weighted by Gasteiger charge is -2.13. The molecule has 2 heterocycles. The Kier molecular flexibility index (Phi) is 6.30. The predicted octanol–water partition coefficient (Wildman–Crippen LogP) is 3.51. The van der Waals surface area contributed by atoms with Gasteiger partial charge in [-0.2, -0.15) is 0 Å². The van der Waals surface area contributed by atoms with Crippen LogP contribution < -0.4 is 11.5 Å². The molecule has 2 aromatic heterocycles. The lowest BCUT2D eigenvalue weighted by atomic mass is 10.1. The van der Waals surface area contributed by atoms with Crippen LogP contribution in [0.15, 0.2) is 63.6 Å². The average molecular weight is 399 g/mol. The minimum absolute atomic E-state index is 0.0119. The van der Waals surface area contributed by atoms with Gasteiger partial charge in [-0.05, 0) is 36.2 Å². The third-order valence-electron chi connectivity index (χ3n) is 4.03. The number of pyridine rings is 1. The van der Waals surface area contributed by atoms with Crippen LogP contribution in [-0.2, 0) is 13.1 Å². The zero-order valence-corrected chi connectivity index (χ0v) is 16.7. The van der Waals surface area contributed by atoms with E-state index in [9.17, 15) is 4.39 Å². The number of benzene rings is 1. The molecule has 0 amide bonds. The van der Waals surface area contributed by atoms with Crippen molar-refractivity contribution in [2.75, 3.05) is 0 Å². The molecular formula is C20H23FN6S. The highest BCUT2D eigenvalue weighted by Gasteiger charge is 2.21. The Hall–Kier alpha value is -2.87. The maximum absolute atomic E-state index is 13.7. The highest BCUT2D eigenvalue weighted by Crippen LogP contribution is 2.35. The van der Waals surface area contributed by atoms with Crippen molar-refractivity contribution in [3.63, 3.8) is 0 Å². The molecule has 0 fully saturated rings. The predicted molar refractivity (Wildman–Crippen MR) is 110 cm³/mol. The Morgan fingerprint density at radius 2 is 2.04 bits per heavy atom. The maximum Gasteiger partial charge on any atom is 0.186 e. The molecule has 0 radical (unpaired) electrons. The fraction of sp³-hybridized carbons (Fsp3) is 0.250. The quantitative estimate of drug-likeness (QED) is 0.469. The zero-order chi connectivity index (χ0) is 20.1. The van der Waals surface area contributed by atoms with Crippen LogP contribution >= 0.6 is 11.8 Å². The summed E-state index contributed by atoms with van der Waals surface area (Å²) in [5.41, 5.74) is 12.9. The van der Waals surface area contributed by atoms with Crippen LogP contribution in [0.5, 0.6) is 0 Å². The zero-order valence-electron chi connectivity index (χ0n) is 15.8. The number of hydrogen-bond donors (Lipinski definition) is 2. The molecule has 6 nitrogen and oxygen atoms in total. The minimum atomic E-state index is -0.271. The van der Waals surface area contributed by atoms with Crippen LogP contribution in [0.1, 0.15) is 37.0 Å². The lowest BCUT2D eigenvalue weighted by molar-refractivity contribution is 0.624. The molecule has 28 heavy (non-hydrogen) atoms. The molecule has 0 saturated carbocycles. The summed E-state index contributed by atoms with van der Waals surface area (Å²) in [6, 6.07) is 12.3. The summed E-state index contributed by atoms with van der Waals surface area (Å²) in [5.74, 6) is 0.658. The molecular weight excluding hydrogens is 375 g/mol. The van der Waals surface area contributed by atoms with Crippen molar-refractivity contribution in [2.45, 2.75) is 42.8 Å². The van der Waals surface area contributed by atoms with E-state index in [1.54, 1.807) is 12.3 Å². The molecule has 0 saturated heterocycles. The van der Waals surface area contributed by atoms with Crippen molar-refractivity contribution in [2.24, 2.45) is 16.5 Å². The van der Waals surface area contributed by atoms with Gasteiger partial charge in [0, 0.05) is 11.1 Å². The third-order valence-corrected chi connectivity index (χ3v) is 5.14. The van der Waals surface area contributed by atoms with E-state index in [1.807, 2.05) is 24.3 Å². The van der Waals surface area contributed by atoms with Gasteiger partial charge in [0.15, 0.2) is 5.96 Å². The second-order valence-electron chi connectivity index (χ2n) is 6.58. The molecule has 0 spiro atoms. The first-order valence-corrected chi connectivity index (χ1v) is 9.73. The number of aliphatic imine (C=N–C) groups is 1. The Morgan fingerprint density at radius 1 is 1.21 bits per heavy atom. The number of imidazole rings is 1. The topological polar surface area (TPSA) is 95.1 Å². The smallest absolute Gasteiger partial charge is 0.186 e. The lowest BCUT2D eigenvalue weighted by Crippen LogP contribution is -2.23. The van der Waals surface area contributed by atoms with Crippen LogP contribution in [0.2, 0.25) is 0 Å². The van der Waals surface area contributed by atoms with E-state index in [4.69, 9.17) is 16.5 Å². The Labute approximate surface area is 167 Å². The van der Waals surface area contributed by atoms with Gasteiger partial charge in [-0.25, -0.2) is 14.4 Å². The van der Waals surface area contributed by atoms with Crippen LogP contribution in [0.25, 0.3) is 0 Å². The number of hydrogen-bond acceptors (Lipinski definition) is 4. The number of aromatic nitrogens is 3. The molecule has 8 heteroatoms. The molecule has 0 aliphatic rings. The highest BCUT2D eigenvalue weighted by molar-refractivity contribution is 7.99. The van der Waals surface area contributed by atoms with Crippen LogP contribution in [0.3, 0.4) is 0 Å². The van der Waals surface area contributed by atoms with Gasteiger partial charge in [-0.3, -0.25) is 4.98 Å². The first-order valence-electron chi connectivity index (χ1n) is 8.92. The highest BCUT2D eigenvalue weighted by atomic mass is 32.2. The van der Waals surface area contributed by atoms with Gasteiger partial charge < -0.3 is 16.0 Å². The second-order valence-corrected chi connectivity index (χ2v) is 7.64. The maximum atomic E-state index is 13.7. The summed E-state index contributed by atoms with van der Waals surface area (Å²) >= 11 is 1.48. The summed E-state index contributed by atoms with van der Waals surface area (Å²) < 4.78 is 15.8. The van der Waals surface area contributed by atoms with Gasteiger partial charge in [0.05, 0.1) is 17.9 Å². The molecule has 4 N–H and O–H groups in total. The van der Waals surface area contributed by atoms with Gasteiger partial charge in [0.1, 0.15) is 23.2 Å². The van der Waals surface area contributed by atoms with E-state index < -0.39 is 0 Å². The van der Waals surface area contributed by atoms with Gasteiger partial charge in [0.25, 0.3) is 0 Å². The summed E-state index contributed by atoms with van der Waals surface area (Å²) in [6.45, 7) is 4.94. The van der Waals surface area contributed by atoms with Crippen molar-refractivity contribution in [1.82, 2.24) is 14.5 Å². The van der Waals surface area contributed by atoms with Gasteiger partial charge in [0.2, 0.25) is 0 Å². The first-order chi connectivity index (χ1) is 13.4. The van der Waals surface area contributed by atoms with E-state index in [0.717, 1.165) is 27.1 Å². The Morgan fingerprint density at radius 3 is 2.68 bits per heavy atom. The van der Waals surface area contributed by atoms with Crippen molar-refractivity contribution >= 4 is 17.7 Å². The largest absolute Gasteiger partial charge is 0.370 e. The van der Waals surface area contributed by atoms with E-state index in [2.05, 4.69) is 28.4 Å². The van der Waals surface area contributed by atoms with Crippen LogP contribution in [-0.4, -0.2) is 20.5 Å². The fourth-order valence-electron chi connectivity index (χ4n) is 2.73. The normalized spacial score (nSPS) is 11.0. The molecule has 146 valence electrons. The van der Waals surface area contributed by atoms with Gasteiger partial charge >= 0.3 is 0 Å². The van der Waals surface area contributed by atoms with Gasteiger partial charge in [-0.1, -0.05) is 37.7 Å². The monoisotopic (exact) mass is 398 g/mol. The van der Waals surface area contributed by atoms with E-state index in [0.29, 0.717) is 6.54 Å². The van der Waals surface area contributed by atoms with Crippen LogP contribution in [0.4, 0.5) is 4.39 Å². The number of rotatable bonds is 7. The van der Waals surface area contributed by atoms with E-state index in [-0.39, 0.29) is 24.2 Å². The molecule has 3 aromatic rings. The number of halogens is 1. The first kappa shape index (κ1) is 19.9. The molecule has 0 aliphatic carbocycles. The molecule has 0 atom stereocenters. The number of guanidine groups is 1. The van der Waals surface area contributed by atoms with Gasteiger partial charge in [-0.15, -0.1) is 0 Å². The SMILES string of the molecule is CC(C)c1nc(CN=C(N)N)n(Cc2ccccn2)c1Sc1cccc(F)c1. The van der Waals surface area contributed by atoms with Crippen LogP contribution in [0, 0.1) is 5.82 Å². The minimum Gasteiger partial charge on any atom is -0.370 e. The molecule has 1 aromatic carbocycles. The summed E-state index contributed by atoms with van der Waals surface area (Å²) in [7, 11) is 0. The summed E-state index contributed by atoms with van der Waals surface area (Å²) in [4.78, 5) is 14.2. The number of nitrogens with two attached hydrogens (primary N) is 2. The Balaban J connectivity index is 2.08. The van der Waals surface area contributed by atoms with Crippen molar-refractivity contribution < 1.29 is 4.39 Å². The summed E-state index contributed by atoms with van der Waals surface area (Å²) in [5, 5.41) is 0.937. The van der Waals surface area contributed by atoms with Crippen molar-refractivity contribution in [3.05, 3.63) is 71.7 Å². The Bertz CT molecular complexity index is 964. The van der Waals surface area contributed by atoms with E-state index in [1.165, 1.54) is 23.9 Å². The number of nitrogens with zero attached hydrogens (tertiary/aromatic N) is 4. The summed E-state index contributed by atoms with van der Waals surface area (Å²) in [6.07, 6.45) is 1.75. The standard InChI is InChI=1S/C20H23FN6S/c1-13(2)18-19(28-16-8-5-6-14(21)10-16)27(12-15-7-3-4-9-24-15)17(26-18)11-25-20(22)23/h3-10,13H,11-12H2,1-2H3,(H4,22,23,25). The molecule has 0 bridgehead atoms. The third kappa shape index (κ3) is 4.89. The molecule has 0 aliphatic heterocycles. The average Bonchev–Trinajstić information content (AvgIpc) is 2.98.